The summed E-state index contributed by atoms with van der Waals surface area (Å²) in [4.78, 5) is 1.35. The first-order valence-corrected chi connectivity index (χ1v) is 7.95. The fraction of sp³-hybridized carbons (Fsp3) is 0.385. The first-order chi connectivity index (χ1) is 8.88. The zero-order valence-corrected chi connectivity index (χ0v) is 11.7. The van der Waals surface area contributed by atoms with Gasteiger partial charge in [0.2, 0.25) is 0 Å². The molecule has 1 saturated carbocycles. The molecule has 2 aromatic heterocycles. The minimum atomic E-state index is 0.627. The monoisotopic (exact) mass is 277 g/mol. The molecule has 0 radical (unpaired) electrons. The van der Waals surface area contributed by atoms with Gasteiger partial charge in [-0.05, 0) is 24.3 Å². The fourth-order valence-electron chi connectivity index (χ4n) is 1.93. The molecule has 0 bridgehead atoms. The highest BCUT2D eigenvalue weighted by atomic mass is 32.2. The van der Waals surface area contributed by atoms with Crippen LogP contribution in [-0.2, 0) is 6.42 Å². The van der Waals surface area contributed by atoms with Crippen molar-refractivity contribution in [1.82, 2.24) is 14.8 Å². The number of nitrogens with zero attached hydrogens (tertiary/aromatic N) is 3. The molecule has 2 heterocycles. The van der Waals surface area contributed by atoms with Crippen molar-refractivity contribution in [2.24, 2.45) is 0 Å². The normalized spacial score (nSPS) is 14.9. The summed E-state index contributed by atoms with van der Waals surface area (Å²) in [7, 11) is 0. The Morgan fingerprint density at radius 1 is 1.50 bits per heavy atom. The minimum absolute atomic E-state index is 0.627. The summed E-state index contributed by atoms with van der Waals surface area (Å²) in [6.45, 7) is 3.76. The van der Waals surface area contributed by atoms with Gasteiger partial charge in [0, 0.05) is 23.1 Å². The maximum atomic E-state index is 4.37. The number of hydrogen-bond donors (Lipinski definition) is 0. The Morgan fingerprint density at radius 3 is 3.06 bits per heavy atom. The van der Waals surface area contributed by atoms with Gasteiger partial charge in [0.25, 0.3) is 0 Å². The number of rotatable bonds is 6. The van der Waals surface area contributed by atoms with Crippen molar-refractivity contribution in [3.63, 3.8) is 0 Å². The third-order valence-corrected chi connectivity index (χ3v) is 4.71. The van der Waals surface area contributed by atoms with Crippen LogP contribution in [0.3, 0.4) is 0 Å². The van der Waals surface area contributed by atoms with Gasteiger partial charge >= 0.3 is 0 Å². The average molecular weight is 277 g/mol. The third kappa shape index (κ3) is 2.52. The lowest BCUT2D eigenvalue weighted by Gasteiger charge is -2.07. The van der Waals surface area contributed by atoms with Crippen molar-refractivity contribution in [3.8, 4) is 0 Å². The molecular weight excluding hydrogens is 262 g/mol. The smallest absolute Gasteiger partial charge is 0.191 e. The topological polar surface area (TPSA) is 30.7 Å². The van der Waals surface area contributed by atoms with E-state index in [0.717, 1.165) is 23.2 Å². The van der Waals surface area contributed by atoms with Crippen molar-refractivity contribution in [3.05, 3.63) is 40.9 Å². The zero-order chi connectivity index (χ0) is 12.4. The van der Waals surface area contributed by atoms with Crippen LogP contribution in [-0.4, -0.2) is 20.5 Å². The molecule has 0 spiro atoms. The maximum Gasteiger partial charge on any atom is 0.191 e. The van der Waals surface area contributed by atoms with Gasteiger partial charge in [-0.2, -0.15) is 0 Å². The first-order valence-electron chi connectivity index (χ1n) is 6.08. The van der Waals surface area contributed by atoms with Crippen LogP contribution in [0.15, 0.2) is 35.3 Å². The summed E-state index contributed by atoms with van der Waals surface area (Å²) < 4.78 is 2.33. The predicted molar refractivity (Wildman–Crippen MR) is 76.3 cm³/mol. The lowest BCUT2D eigenvalue weighted by atomic mass is 10.3. The van der Waals surface area contributed by atoms with Crippen molar-refractivity contribution in [2.75, 3.05) is 5.75 Å². The van der Waals surface area contributed by atoms with E-state index in [4.69, 9.17) is 0 Å². The number of hydrogen-bond acceptors (Lipinski definition) is 4. The highest BCUT2D eigenvalue weighted by molar-refractivity contribution is 7.99. The lowest BCUT2D eigenvalue weighted by Crippen LogP contribution is -2.03. The predicted octanol–water partition coefficient (Wildman–Crippen LogP) is 3.54. The molecule has 0 atom stereocenters. The van der Waals surface area contributed by atoms with Crippen LogP contribution in [0, 0.1) is 0 Å². The van der Waals surface area contributed by atoms with E-state index in [1.807, 2.05) is 6.08 Å². The Kier molecular flexibility index (Phi) is 3.52. The van der Waals surface area contributed by atoms with Crippen molar-refractivity contribution in [1.29, 1.82) is 0 Å². The van der Waals surface area contributed by atoms with E-state index in [2.05, 4.69) is 38.9 Å². The Hall–Kier alpha value is -1.07. The number of aromatic nitrogens is 3. The van der Waals surface area contributed by atoms with E-state index >= 15 is 0 Å². The van der Waals surface area contributed by atoms with E-state index in [9.17, 15) is 0 Å². The van der Waals surface area contributed by atoms with E-state index in [0.29, 0.717) is 6.04 Å². The van der Waals surface area contributed by atoms with Crippen LogP contribution in [0.1, 0.15) is 29.6 Å². The second kappa shape index (κ2) is 5.28. The van der Waals surface area contributed by atoms with E-state index in [1.54, 1.807) is 23.1 Å². The maximum absolute atomic E-state index is 4.37. The summed E-state index contributed by atoms with van der Waals surface area (Å²) in [6.07, 6.45) is 5.33. The van der Waals surface area contributed by atoms with E-state index < -0.39 is 0 Å². The van der Waals surface area contributed by atoms with Crippen LogP contribution in [0.2, 0.25) is 0 Å². The van der Waals surface area contributed by atoms with E-state index in [-0.39, 0.29) is 0 Å². The molecule has 0 N–H and O–H groups in total. The molecule has 1 fully saturated rings. The molecule has 3 rings (SSSR count). The Morgan fingerprint density at radius 2 is 2.39 bits per heavy atom. The lowest BCUT2D eigenvalue weighted by molar-refractivity contribution is 0.635. The summed E-state index contributed by atoms with van der Waals surface area (Å²) >= 11 is 3.51. The number of thiophene rings is 1. The van der Waals surface area contributed by atoms with Crippen molar-refractivity contribution < 1.29 is 0 Å². The largest absolute Gasteiger partial charge is 0.303 e. The molecule has 0 amide bonds. The van der Waals surface area contributed by atoms with Crippen LogP contribution >= 0.6 is 23.1 Å². The SMILES string of the molecule is C=CCSc1nnc(Cc2cccs2)n1C1CC1. The van der Waals surface area contributed by atoms with Gasteiger partial charge in [0.05, 0.1) is 0 Å². The summed E-state index contributed by atoms with van der Waals surface area (Å²) in [6, 6.07) is 4.88. The first kappa shape index (κ1) is 12.0. The standard InChI is InChI=1S/C13H15N3S2/c1-2-7-18-13-15-14-12(16(13)10-5-6-10)9-11-4-3-8-17-11/h2-4,8,10H,1,5-7,9H2. The van der Waals surface area contributed by atoms with Gasteiger partial charge in [-0.3, -0.25) is 0 Å². The molecule has 0 unspecified atom stereocenters. The molecule has 18 heavy (non-hydrogen) atoms. The van der Waals surface area contributed by atoms with Gasteiger partial charge in [0.1, 0.15) is 5.82 Å². The van der Waals surface area contributed by atoms with Crippen LogP contribution < -0.4 is 0 Å². The van der Waals surface area contributed by atoms with Gasteiger partial charge in [-0.25, -0.2) is 0 Å². The molecule has 94 valence electrons. The van der Waals surface area contributed by atoms with Crippen LogP contribution in [0.5, 0.6) is 0 Å². The Bertz CT molecular complexity index is 526. The van der Waals surface area contributed by atoms with Gasteiger partial charge in [-0.1, -0.05) is 23.9 Å². The van der Waals surface area contributed by atoms with Crippen molar-refractivity contribution in [2.45, 2.75) is 30.5 Å². The quantitative estimate of drug-likeness (QED) is 0.597. The third-order valence-electron chi connectivity index (χ3n) is 2.89. The summed E-state index contributed by atoms with van der Waals surface area (Å²) in [5.41, 5.74) is 0. The molecule has 5 heteroatoms. The molecular formula is C13H15N3S2. The van der Waals surface area contributed by atoms with Crippen LogP contribution in [0.25, 0.3) is 0 Å². The Balaban J connectivity index is 1.84. The van der Waals surface area contributed by atoms with Gasteiger partial charge in [-0.15, -0.1) is 28.1 Å². The molecule has 0 saturated heterocycles. The zero-order valence-electron chi connectivity index (χ0n) is 10.1. The molecule has 1 aliphatic carbocycles. The number of thioether (sulfide) groups is 1. The van der Waals surface area contributed by atoms with Crippen LogP contribution in [0.4, 0.5) is 0 Å². The molecule has 1 aliphatic rings. The summed E-state index contributed by atoms with van der Waals surface area (Å²) in [5, 5.41) is 11.9. The van der Waals surface area contributed by atoms with E-state index in [1.165, 1.54) is 17.7 Å². The minimum Gasteiger partial charge on any atom is -0.303 e. The second-order valence-corrected chi connectivity index (χ2v) is 6.38. The molecule has 2 aromatic rings. The summed E-state index contributed by atoms with van der Waals surface area (Å²) in [5.74, 6) is 2.00. The molecule has 0 aromatic carbocycles. The average Bonchev–Trinajstić information content (AvgIpc) is 2.94. The van der Waals surface area contributed by atoms with Gasteiger partial charge in [0.15, 0.2) is 5.16 Å². The Labute approximate surface area is 115 Å². The van der Waals surface area contributed by atoms with Crippen molar-refractivity contribution >= 4 is 23.1 Å². The molecule has 0 aliphatic heterocycles. The fourth-order valence-corrected chi connectivity index (χ4v) is 3.39. The second-order valence-electron chi connectivity index (χ2n) is 4.36. The highest BCUT2D eigenvalue weighted by Crippen LogP contribution is 2.39. The molecule has 3 nitrogen and oxygen atoms in total. The highest BCUT2D eigenvalue weighted by Gasteiger charge is 2.29. The van der Waals surface area contributed by atoms with Gasteiger partial charge < -0.3 is 4.57 Å².